The number of amides is 1. The van der Waals surface area contributed by atoms with Crippen LogP contribution in [0.4, 0.5) is 0 Å². The van der Waals surface area contributed by atoms with E-state index in [1.54, 1.807) is 0 Å². The number of nitrogens with zero attached hydrogens (tertiary/aromatic N) is 1. The van der Waals surface area contributed by atoms with Gasteiger partial charge in [-0.15, -0.1) is 0 Å². The summed E-state index contributed by atoms with van der Waals surface area (Å²) in [5.41, 5.74) is 5.10. The predicted octanol–water partition coefficient (Wildman–Crippen LogP) is 4.82. The van der Waals surface area contributed by atoms with E-state index in [4.69, 9.17) is 0 Å². The predicted molar refractivity (Wildman–Crippen MR) is 97.2 cm³/mol. The van der Waals surface area contributed by atoms with Crippen molar-refractivity contribution in [2.45, 2.75) is 39.3 Å². The van der Waals surface area contributed by atoms with Crippen LogP contribution >= 0.6 is 0 Å². The van der Waals surface area contributed by atoms with Crippen molar-refractivity contribution in [3.63, 3.8) is 0 Å². The van der Waals surface area contributed by atoms with E-state index >= 15 is 0 Å². The van der Waals surface area contributed by atoms with Crippen molar-refractivity contribution in [2.24, 2.45) is 0 Å². The van der Waals surface area contributed by atoms with Crippen molar-refractivity contribution >= 4 is 16.8 Å². The lowest BCUT2D eigenvalue weighted by Gasteiger charge is -2.37. The summed E-state index contributed by atoms with van der Waals surface area (Å²) in [6, 6.07) is 16.2. The molecule has 24 heavy (non-hydrogen) atoms. The van der Waals surface area contributed by atoms with Crippen LogP contribution in [0, 0.1) is 6.92 Å². The monoisotopic (exact) mass is 318 g/mol. The molecule has 1 aliphatic rings. The molecule has 0 saturated heterocycles. The fourth-order valence-electron chi connectivity index (χ4n) is 3.87. The molecule has 3 aromatic rings. The maximum atomic E-state index is 13.1. The molecular formula is C21H22N2O. The molecule has 3 heteroatoms. The normalized spacial score (nSPS) is 17.6. The van der Waals surface area contributed by atoms with Crippen LogP contribution in [0.2, 0.25) is 0 Å². The van der Waals surface area contributed by atoms with E-state index in [0.717, 1.165) is 22.3 Å². The molecule has 3 nitrogen and oxygen atoms in total. The van der Waals surface area contributed by atoms with Crippen molar-refractivity contribution in [3.8, 4) is 0 Å². The second kappa shape index (κ2) is 4.97. The number of carbonyl (C=O) groups is 1. The van der Waals surface area contributed by atoms with Gasteiger partial charge in [0.05, 0.1) is 6.04 Å². The molecule has 1 aromatic heterocycles. The van der Waals surface area contributed by atoms with Gasteiger partial charge in [-0.05, 0) is 51.0 Å². The minimum atomic E-state index is -0.259. The average Bonchev–Trinajstić information content (AvgIpc) is 3.03. The summed E-state index contributed by atoms with van der Waals surface area (Å²) in [5.74, 6) is 0.112. The largest absolute Gasteiger partial charge is 0.356 e. The molecule has 0 aliphatic carbocycles. The number of nitrogens with one attached hydrogen (secondary N) is 1. The van der Waals surface area contributed by atoms with Crippen LogP contribution in [0.3, 0.4) is 0 Å². The first kappa shape index (κ1) is 15.0. The van der Waals surface area contributed by atoms with E-state index in [1.807, 2.05) is 29.2 Å². The Labute approximate surface area is 142 Å². The minimum Gasteiger partial charge on any atom is -0.356 e. The Hall–Kier alpha value is -2.55. The molecular weight excluding hydrogens is 296 g/mol. The average molecular weight is 318 g/mol. The Morgan fingerprint density at radius 2 is 1.67 bits per heavy atom. The first-order chi connectivity index (χ1) is 11.4. The number of H-pyrrole nitrogens is 1. The second-order valence-electron chi connectivity index (χ2n) is 7.55. The van der Waals surface area contributed by atoms with Crippen LogP contribution < -0.4 is 0 Å². The zero-order valence-electron chi connectivity index (χ0n) is 14.6. The number of para-hydroxylation sites is 1. The van der Waals surface area contributed by atoms with E-state index in [9.17, 15) is 4.79 Å². The number of aromatic amines is 1. The van der Waals surface area contributed by atoms with Gasteiger partial charge in [-0.25, -0.2) is 0 Å². The van der Waals surface area contributed by atoms with Gasteiger partial charge in [0.25, 0.3) is 5.91 Å². The summed E-state index contributed by atoms with van der Waals surface area (Å²) >= 11 is 0. The van der Waals surface area contributed by atoms with Crippen LogP contribution in [-0.2, 0) is 0 Å². The third-order valence-electron chi connectivity index (χ3n) is 4.96. The molecule has 0 radical (unpaired) electrons. The van der Waals surface area contributed by atoms with Crippen LogP contribution in [0.5, 0.6) is 0 Å². The van der Waals surface area contributed by atoms with Crippen molar-refractivity contribution in [1.29, 1.82) is 0 Å². The zero-order valence-corrected chi connectivity index (χ0v) is 14.6. The number of hydrogen-bond acceptors (Lipinski definition) is 1. The summed E-state index contributed by atoms with van der Waals surface area (Å²) in [7, 11) is 0. The standard InChI is InChI=1S/C21H22N2O/c1-13-14-9-7-8-12-17(14)22-18(13)19-15-10-5-6-11-16(15)20(24)23(19)21(2,3)4/h5-12,19,22H,1-4H3. The molecule has 0 bridgehead atoms. The van der Waals surface area contributed by atoms with Crippen LogP contribution in [-0.4, -0.2) is 21.3 Å². The zero-order chi connectivity index (χ0) is 17.1. The van der Waals surface area contributed by atoms with Gasteiger partial charge in [-0.1, -0.05) is 36.4 Å². The number of rotatable bonds is 1. The SMILES string of the molecule is Cc1c(C2c3ccccc3C(=O)N2C(C)(C)C)[nH]c2ccccc12. The fourth-order valence-corrected chi connectivity index (χ4v) is 3.87. The molecule has 1 unspecified atom stereocenters. The Kier molecular flexibility index (Phi) is 3.11. The minimum absolute atomic E-state index is 0.0684. The third-order valence-corrected chi connectivity index (χ3v) is 4.96. The van der Waals surface area contributed by atoms with E-state index in [1.165, 1.54) is 10.9 Å². The van der Waals surface area contributed by atoms with E-state index < -0.39 is 0 Å². The lowest BCUT2D eigenvalue weighted by atomic mass is 9.97. The molecule has 0 spiro atoms. The smallest absolute Gasteiger partial charge is 0.255 e. The summed E-state index contributed by atoms with van der Waals surface area (Å²) in [6.07, 6.45) is 0. The number of carbonyl (C=O) groups excluding carboxylic acids is 1. The molecule has 1 atom stereocenters. The second-order valence-corrected chi connectivity index (χ2v) is 7.55. The highest BCUT2D eigenvalue weighted by atomic mass is 16.2. The topological polar surface area (TPSA) is 36.1 Å². The Morgan fingerprint density at radius 1 is 1.00 bits per heavy atom. The van der Waals surface area contributed by atoms with Crippen molar-refractivity contribution < 1.29 is 4.79 Å². The quantitative estimate of drug-likeness (QED) is 0.686. The molecule has 2 heterocycles. The highest BCUT2D eigenvalue weighted by Crippen LogP contribution is 2.44. The molecule has 1 amide bonds. The van der Waals surface area contributed by atoms with Crippen LogP contribution in [0.25, 0.3) is 10.9 Å². The number of aryl methyl sites for hydroxylation is 1. The first-order valence-electron chi connectivity index (χ1n) is 8.39. The van der Waals surface area contributed by atoms with Crippen LogP contribution in [0.1, 0.15) is 54.0 Å². The molecule has 4 rings (SSSR count). The van der Waals surface area contributed by atoms with E-state index in [0.29, 0.717) is 0 Å². The van der Waals surface area contributed by atoms with Gasteiger partial charge < -0.3 is 9.88 Å². The number of fused-ring (bicyclic) bond motifs is 2. The molecule has 1 N–H and O–H groups in total. The van der Waals surface area contributed by atoms with Gasteiger partial charge in [0, 0.05) is 27.7 Å². The summed E-state index contributed by atoms with van der Waals surface area (Å²) < 4.78 is 0. The van der Waals surface area contributed by atoms with Gasteiger partial charge in [0.2, 0.25) is 0 Å². The lowest BCUT2D eigenvalue weighted by molar-refractivity contribution is 0.0547. The molecule has 0 fully saturated rings. The highest BCUT2D eigenvalue weighted by Gasteiger charge is 2.44. The number of aromatic nitrogens is 1. The third kappa shape index (κ3) is 2.01. The first-order valence-corrected chi connectivity index (χ1v) is 8.39. The fraction of sp³-hybridized carbons (Fsp3) is 0.286. The number of benzene rings is 2. The van der Waals surface area contributed by atoms with E-state index in [-0.39, 0.29) is 17.5 Å². The van der Waals surface area contributed by atoms with E-state index in [2.05, 4.69) is 56.9 Å². The van der Waals surface area contributed by atoms with Crippen molar-refractivity contribution in [2.75, 3.05) is 0 Å². The maximum Gasteiger partial charge on any atom is 0.255 e. The lowest BCUT2D eigenvalue weighted by Crippen LogP contribution is -2.44. The van der Waals surface area contributed by atoms with Crippen molar-refractivity contribution in [1.82, 2.24) is 9.88 Å². The Morgan fingerprint density at radius 3 is 2.38 bits per heavy atom. The van der Waals surface area contributed by atoms with Gasteiger partial charge in [-0.3, -0.25) is 4.79 Å². The highest BCUT2D eigenvalue weighted by molar-refractivity contribution is 6.00. The summed E-state index contributed by atoms with van der Waals surface area (Å²) in [5, 5.41) is 1.22. The van der Waals surface area contributed by atoms with Gasteiger partial charge in [-0.2, -0.15) is 0 Å². The van der Waals surface area contributed by atoms with Gasteiger partial charge >= 0.3 is 0 Å². The molecule has 0 saturated carbocycles. The molecule has 122 valence electrons. The Bertz CT molecular complexity index is 946. The van der Waals surface area contributed by atoms with Crippen molar-refractivity contribution in [3.05, 3.63) is 70.9 Å². The number of hydrogen-bond donors (Lipinski definition) is 1. The van der Waals surface area contributed by atoms with Crippen LogP contribution in [0.15, 0.2) is 48.5 Å². The van der Waals surface area contributed by atoms with Gasteiger partial charge in [0.1, 0.15) is 0 Å². The molecule has 1 aliphatic heterocycles. The molecule has 2 aromatic carbocycles. The summed E-state index contributed by atoms with van der Waals surface area (Å²) in [6.45, 7) is 8.44. The van der Waals surface area contributed by atoms with Gasteiger partial charge in [0.15, 0.2) is 0 Å². The Balaban J connectivity index is 1.99. The summed E-state index contributed by atoms with van der Waals surface area (Å²) in [4.78, 5) is 18.7. The maximum absolute atomic E-state index is 13.1.